The Morgan fingerprint density at radius 1 is 1.52 bits per heavy atom. The average molecular weight is 292 g/mol. The van der Waals surface area contributed by atoms with Crippen LogP contribution in [0.4, 0.5) is 11.5 Å². The van der Waals surface area contributed by atoms with Crippen LogP contribution < -0.4 is 16.4 Å². The number of ether oxygens (including phenoxy) is 1. The van der Waals surface area contributed by atoms with E-state index in [1.165, 1.54) is 12.3 Å². The van der Waals surface area contributed by atoms with Gasteiger partial charge in [-0.15, -0.1) is 0 Å². The minimum Gasteiger partial charge on any atom is -0.462 e. The molecule has 7 heteroatoms. The van der Waals surface area contributed by atoms with Gasteiger partial charge in [0.1, 0.15) is 11.9 Å². The maximum atomic E-state index is 11.9. The van der Waals surface area contributed by atoms with Gasteiger partial charge in [-0.2, -0.15) is 0 Å². The number of rotatable bonds is 6. The summed E-state index contributed by atoms with van der Waals surface area (Å²) in [6, 6.07) is 1.35. The molecule has 1 aromatic heterocycles. The van der Waals surface area contributed by atoms with Gasteiger partial charge in [0.15, 0.2) is 0 Å². The van der Waals surface area contributed by atoms with E-state index in [0.29, 0.717) is 11.9 Å². The van der Waals surface area contributed by atoms with Gasteiger partial charge >= 0.3 is 5.97 Å². The van der Waals surface area contributed by atoms with E-state index in [1.807, 2.05) is 0 Å². The molecule has 0 spiro atoms. The number of hydrogen-bond donors (Lipinski definition) is 3. The first-order chi connectivity index (χ1) is 10.0. The summed E-state index contributed by atoms with van der Waals surface area (Å²) >= 11 is 0. The van der Waals surface area contributed by atoms with E-state index in [0.717, 1.165) is 12.8 Å². The predicted molar refractivity (Wildman–Crippen MR) is 78.9 cm³/mol. The zero-order valence-corrected chi connectivity index (χ0v) is 12.2. The molecular weight excluding hydrogens is 272 g/mol. The van der Waals surface area contributed by atoms with Crippen LogP contribution in [0.2, 0.25) is 0 Å². The van der Waals surface area contributed by atoms with Gasteiger partial charge in [0.05, 0.1) is 24.1 Å². The highest BCUT2D eigenvalue weighted by molar-refractivity contribution is 5.96. The van der Waals surface area contributed by atoms with Gasteiger partial charge in [0.2, 0.25) is 5.91 Å². The van der Waals surface area contributed by atoms with Crippen LogP contribution in [-0.2, 0) is 9.53 Å². The normalized spacial score (nSPS) is 15.1. The van der Waals surface area contributed by atoms with Crippen molar-refractivity contribution in [2.75, 3.05) is 17.7 Å². The van der Waals surface area contributed by atoms with Gasteiger partial charge in [-0.3, -0.25) is 4.79 Å². The number of aromatic nitrogens is 1. The lowest BCUT2D eigenvalue weighted by atomic mass is 10.2. The van der Waals surface area contributed by atoms with E-state index in [-0.39, 0.29) is 23.8 Å². The number of carbonyl (C=O) groups excluding carboxylic acids is 2. The Hall–Kier alpha value is -2.31. The lowest BCUT2D eigenvalue weighted by Gasteiger charge is -2.15. The summed E-state index contributed by atoms with van der Waals surface area (Å²) < 4.78 is 4.92. The van der Waals surface area contributed by atoms with E-state index < -0.39 is 12.0 Å². The minimum absolute atomic E-state index is 0.0891. The Kier molecular flexibility index (Phi) is 4.62. The molecule has 2 rings (SSSR count). The number of esters is 1. The second-order valence-electron chi connectivity index (χ2n) is 5.03. The van der Waals surface area contributed by atoms with Crippen molar-refractivity contribution in [2.45, 2.75) is 38.8 Å². The van der Waals surface area contributed by atoms with Gasteiger partial charge in [-0.25, -0.2) is 9.78 Å². The van der Waals surface area contributed by atoms with Crippen molar-refractivity contribution in [2.24, 2.45) is 0 Å². The van der Waals surface area contributed by atoms with Crippen molar-refractivity contribution < 1.29 is 14.3 Å². The monoisotopic (exact) mass is 292 g/mol. The lowest BCUT2D eigenvalue weighted by Crippen LogP contribution is -2.38. The second-order valence-corrected chi connectivity index (χ2v) is 5.03. The molecular formula is C14H20N4O3. The molecule has 1 unspecified atom stereocenters. The number of anilines is 2. The lowest BCUT2D eigenvalue weighted by molar-refractivity contribution is -0.121. The van der Waals surface area contributed by atoms with Crippen LogP contribution in [0, 0.1) is 0 Å². The number of nitrogens with one attached hydrogen (secondary N) is 2. The first kappa shape index (κ1) is 15.1. The molecule has 1 heterocycles. The number of carbonyl (C=O) groups is 2. The van der Waals surface area contributed by atoms with Crippen LogP contribution in [0.25, 0.3) is 0 Å². The van der Waals surface area contributed by atoms with Gasteiger partial charge in [0.25, 0.3) is 0 Å². The molecule has 0 aliphatic heterocycles. The number of nitrogen functional groups attached to an aromatic ring is 1. The number of hydrogen-bond acceptors (Lipinski definition) is 6. The number of pyridine rings is 1. The number of amides is 1. The van der Waals surface area contributed by atoms with Crippen LogP contribution in [0.1, 0.15) is 37.0 Å². The van der Waals surface area contributed by atoms with Crippen molar-refractivity contribution in [3.8, 4) is 0 Å². The van der Waals surface area contributed by atoms with Crippen LogP contribution in [-0.4, -0.2) is 35.6 Å². The van der Waals surface area contributed by atoms with Crippen molar-refractivity contribution in [3.05, 3.63) is 17.8 Å². The summed E-state index contributed by atoms with van der Waals surface area (Å²) in [6.45, 7) is 3.72. The van der Waals surface area contributed by atoms with Crippen LogP contribution in [0.5, 0.6) is 0 Å². The quantitative estimate of drug-likeness (QED) is 0.673. The van der Waals surface area contributed by atoms with Crippen molar-refractivity contribution in [1.82, 2.24) is 10.3 Å². The first-order valence-corrected chi connectivity index (χ1v) is 7.00. The fourth-order valence-corrected chi connectivity index (χ4v) is 1.77. The molecule has 21 heavy (non-hydrogen) atoms. The highest BCUT2D eigenvalue weighted by Crippen LogP contribution is 2.19. The molecule has 1 aromatic rings. The Balaban J connectivity index is 2.03. The summed E-state index contributed by atoms with van der Waals surface area (Å²) in [7, 11) is 0. The summed E-state index contributed by atoms with van der Waals surface area (Å²) in [4.78, 5) is 27.7. The Labute approximate surface area is 123 Å². The van der Waals surface area contributed by atoms with E-state index in [2.05, 4.69) is 15.6 Å². The highest BCUT2D eigenvalue weighted by Gasteiger charge is 2.25. The van der Waals surface area contributed by atoms with Gasteiger partial charge in [-0.05, 0) is 32.8 Å². The fraction of sp³-hybridized carbons (Fsp3) is 0.500. The van der Waals surface area contributed by atoms with Crippen molar-refractivity contribution in [3.63, 3.8) is 0 Å². The summed E-state index contributed by atoms with van der Waals surface area (Å²) in [5, 5.41) is 5.85. The third kappa shape index (κ3) is 4.08. The maximum Gasteiger partial charge on any atom is 0.340 e. The molecule has 114 valence electrons. The van der Waals surface area contributed by atoms with Crippen LogP contribution in [0.15, 0.2) is 12.3 Å². The van der Waals surface area contributed by atoms with E-state index in [9.17, 15) is 9.59 Å². The third-order valence-corrected chi connectivity index (χ3v) is 3.11. The van der Waals surface area contributed by atoms with Crippen molar-refractivity contribution in [1.29, 1.82) is 0 Å². The minimum atomic E-state index is -0.504. The standard InChI is InChI=1S/C14H20N4O3/c1-3-21-14(20)10-6-12(16-7-11(10)15)17-8(2)13(19)18-9-4-5-9/h6-9H,3-5,15H2,1-2H3,(H,16,17)(H,18,19). The first-order valence-electron chi connectivity index (χ1n) is 7.00. The van der Waals surface area contributed by atoms with Gasteiger partial charge in [0, 0.05) is 6.04 Å². The molecule has 0 bridgehead atoms. The summed E-state index contributed by atoms with van der Waals surface area (Å²) in [5.74, 6) is -0.185. The molecule has 1 saturated carbocycles. The van der Waals surface area contributed by atoms with Crippen molar-refractivity contribution >= 4 is 23.4 Å². The molecule has 1 amide bonds. The molecule has 0 radical (unpaired) electrons. The molecule has 0 saturated heterocycles. The highest BCUT2D eigenvalue weighted by atomic mass is 16.5. The average Bonchev–Trinajstić information content (AvgIpc) is 3.25. The van der Waals surface area contributed by atoms with E-state index >= 15 is 0 Å². The number of nitrogens with two attached hydrogens (primary N) is 1. The molecule has 1 aliphatic carbocycles. The predicted octanol–water partition coefficient (Wildman–Crippen LogP) is 0.919. The van der Waals surface area contributed by atoms with E-state index in [1.54, 1.807) is 13.8 Å². The zero-order valence-electron chi connectivity index (χ0n) is 12.2. The summed E-state index contributed by atoms with van der Waals surface area (Å²) in [6.07, 6.45) is 3.44. The van der Waals surface area contributed by atoms with Crippen LogP contribution >= 0.6 is 0 Å². The van der Waals surface area contributed by atoms with E-state index in [4.69, 9.17) is 10.5 Å². The third-order valence-electron chi connectivity index (χ3n) is 3.11. The molecule has 7 nitrogen and oxygen atoms in total. The Bertz CT molecular complexity index is 543. The Morgan fingerprint density at radius 2 is 2.24 bits per heavy atom. The zero-order chi connectivity index (χ0) is 15.4. The van der Waals surface area contributed by atoms with Gasteiger partial charge in [-0.1, -0.05) is 0 Å². The molecule has 1 atom stereocenters. The Morgan fingerprint density at radius 3 is 2.86 bits per heavy atom. The molecule has 1 fully saturated rings. The van der Waals surface area contributed by atoms with Crippen LogP contribution in [0.3, 0.4) is 0 Å². The smallest absolute Gasteiger partial charge is 0.340 e. The van der Waals surface area contributed by atoms with Gasteiger partial charge < -0.3 is 21.1 Å². The summed E-state index contributed by atoms with van der Waals surface area (Å²) in [5.41, 5.74) is 6.20. The SMILES string of the molecule is CCOC(=O)c1cc(NC(C)C(=O)NC2CC2)ncc1N. The molecule has 4 N–H and O–H groups in total. The molecule has 1 aliphatic rings. The topological polar surface area (TPSA) is 106 Å². The maximum absolute atomic E-state index is 11.9. The molecule has 0 aromatic carbocycles. The number of nitrogens with zero attached hydrogens (tertiary/aromatic N) is 1. The largest absolute Gasteiger partial charge is 0.462 e. The second kappa shape index (κ2) is 6.43. The fourth-order valence-electron chi connectivity index (χ4n) is 1.77.